The summed E-state index contributed by atoms with van der Waals surface area (Å²) in [6.45, 7) is 6.33. The summed E-state index contributed by atoms with van der Waals surface area (Å²) in [5.41, 5.74) is 2.24. The van der Waals surface area contributed by atoms with Gasteiger partial charge in [-0.05, 0) is 32.8 Å². The monoisotopic (exact) mass is 320 g/mol. The minimum atomic E-state index is -0.392. The van der Waals surface area contributed by atoms with Crippen LogP contribution >= 0.6 is 0 Å². The van der Waals surface area contributed by atoms with Crippen molar-refractivity contribution in [1.82, 2.24) is 9.88 Å². The van der Waals surface area contributed by atoms with Gasteiger partial charge in [-0.1, -0.05) is 6.92 Å². The third kappa shape index (κ3) is 4.21. The fourth-order valence-corrected chi connectivity index (χ4v) is 2.97. The average molecular weight is 320 g/mol. The van der Waals surface area contributed by atoms with Crippen LogP contribution in [-0.4, -0.2) is 47.2 Å². The highest BCUT2D eigenvalue weighted by atomic mass is 16.5. The standard InChI is InChI=1S/C17H24N2O4/c1-4-16(21)19-7-5-6-13(9-19)17(22)23-10-15(20)14-8-11(2)18-12(14)3/h8,13,18H,4-7,9-10H2,1-3H3. The molecule has 1 aliphatic rings. The van der Waals surface area contributed by atoms with Crippen molar-refractivity contribution in [2.45, 2.75) is 40.0 Å². The number of ketones is 1. The number of hydrogen-bond donors (Lipinski definition) is 1. The first-order chi connectivity index (χ1) is 10.9. The third-order valence-electron chi connectivity index (χ3n) is 4.21. The van der Waals surface area contributed by atoms with E-state index in [4.69, 9.17) is 4.74 Å². The van der Waals surface area contributed by atoms with Crippen molar-refractivity contribution in [3.05, 3.63) is 23.0 Å². The van der Waals surface area contributed by atoms with Gasteiger partial charge in [0.1, 0.15) is 0 Å². The molecule has 23 heavy (non-hydrogen) atoms. The average Bonchev–Trinajstić information content (AvgIpc) is 2.90. The zero-order valence-corrected chi connectivity index (χ0v) is 14.0. The van der Waals surface area contributed by atoms with Gasteiger partial charge in [-0.3, -0.25) is 14.4 Å². The van der Waals surface area contributed by atoms with Crippen molar-refractivity contribution in [1.29, 1.82) is 0 Å². The maximum atomic E-state index is 12.2. The Balaban J connectivity index is 1.88. The van der Waals surface area contributed by atoms with Crippen LogP contribution in [0.25, 0.3) is 0 Å². The molecule has 1 atom stereocenters. The molecule has 0 aliphatic carbocycles. The van der Waals surface area contributed by atoms with Crippen LogP contribution in [-0.2, 0) is 14.3 Å². The second-order valence-electron chi connectivity index (χ2n) is 6.05. The fourth-order valence-electron chi connectivity index (χ4n) is 2.97. The second kappa shape index (κ2) is 7.44. The lowest BCUT2D eigenvalue weighted by atomic mass is 9.98. The van der Waals surface area contributed by atoms with E-state index in [1.807, 2.05) is 20.8 Å². The number of aromatic nitrogens is 1. The summed E-state index contributed by atoms with van der Waals surface area (Å²) in [6, 6.07) is 1.76. The quantitative estimate of drug-likeness (QED) is 0.665. The summed E-state index contributed by atoms with van der Waals surface area (Å²) in [6.07, 6.45) is 1.92. The Bertz CT molecular complexity index is 606. The van der Waals surface area contributed by atoms with Crippen LogP contribution in [0.1, 0.15) is 47.9 Å². The Hall–Kier alpha value is -2.11. The number of amides is 1. The molecule has 0 aromatic carbocycles. The van der Waals surface area contributed by atoms with Gasteiger partial charge < -0.3 is 14.6 Å². The molecule has 6 heteroatoms. The molecule has 0 spiro atoms. The van der Waals surface area contributed by atoms with Crippen molar-refractivity contribution < 1.29 is 19.1 Å². The summed E-state index contributed by atoms with van der Waals surface area (Å²) in [5, 5.41) is 0. The number of carbonyl (C=O) groups is 3. The maximum Gasteiger partial charge on any atom is 0.311 e. The molecule has 1 unspecified atom stereocenters. The first-order valence-corrected chi connectivity index (χ1v) is 8.06. The smallest absolute Gasteiger partial charge is 0.311 e. The first-order valence-electron chi connectivity index (χ1n) is 8.06. The second-order valence-corrected chi connectivity index (χ2v) is 6.05. The molecule has 1 aromatic heterocycles. The highest BCUT2D eigenvalue weighted by Crippen LogP contribution is 2.19. The van der Waals surface area contributed by atoms with Crippen molar-refractivity contribution in [3.8, 4) is 0 Å². The SMILES string of the molecule is CCC(=O)N1CCCC(C(=O)OCC(=O)c2cc(C)[nH]c2C)C1. The van der Waals surface area contributed by atoms with Crippen LogP contribution in [0.2, 0.25) is 0 Å². The number of likely N-dealkylation sites (tertiary alicyclic amines) is 1. The van der Waals surface area contributed by atoms with E-state index in [9.17, 15) is 14.4 Å². The summed E-state index contributed by atoms with van der Waals surface area (Å²) in [5.74, 6) is -0.882. The molecule has 0 radical (unpaired) electrons. The third-order valence-corrected chi connectivity index (χ3v) is 4.21. The lowest BCUT2D eigenvalue weighted by Gasteiger charge is -2.31. The van der Waals surface area contributed by atoms with E-state index in [2.05, 4.69) is 4.98 Å². The lowest BCUT2D eigenvalue weighted by Crippen LogP contribution is -2.42. The first kappa shape index (κ1) is 17.2. The molecule has 1 N–H and O–H groups in total. The number of piperidine rings is 1. The van der Waals surface area contributed by atoms with E-state index >= 15 is 0 Å². The molecule has 0 bridgehead atoms. The van der Waals surface area contributed by atoms with E-state index in [1.54, 1.807) is 11.0 Å². The Morgan fingerprint density at radius 1 is 1.35 bits per heavy atom. The number of H-pyrrole nitrogens is 1. The number of Topliss-reactive ketones (excluding diaryl/α,β-unsaturated/α-hetero) is 1. The fraction of sp³-hybridized carbons (Fsp3) is 0.588. The molecule has 1 aromatic rings. The molecule has 1 fully saturated rings. The van der Waals surface area contributed by atoms with Crippen LogP contribution in [0.3, 0.4) is 0 Å². The highest BCUT2D eigenvalue weighted by molar-refractivity contribution is 5.99. The van der Waals surface area contributed by atoms with Gasteiger partial charge in [0.2, 0.25) is 11.7 Å². The topological polar surface area (TPSA) is 79.5 Å². The van der Waals surface area contributed by atoms with Gasteiger partial charge in [0.25, 0.3) is 0 Å². The van der Waals surface area contributed by atoms with Crippen LogP contribution in [0.4, 0.5) is 0 Å². The van der Waals surface area contributed by atoms with Gasteiger partial charge in [-0.25, -0.2) is 0 Å². The molecule has 0 saturated carbocycles. The summed E-state index contributed by atoms with van der Waals surface area (Å²) >= 11 is 0. The molecule has 1 saturated heterocycles. The number of ether oxygens (including phenoxy) is 1. The molecule has 126 valence electrons. The van der Waals surface area contributed by atoms with Gasteiger partial charge in [-0.15, -0.1) is 0 Å². The minimum Gasteiger partial charge on any atom is -0.457 e. The number of esters is 1. The van der Waals surface area contributed by atoms with Crippen LogP contribution in [0.5, 0.6) is 0 Å². The highest BCUT2D eigenvalue weighted by Gasteiger charge is 2.29. The van der Waals surface area contributed by atoms with E-state index in [1.165, 1.54) is 0 Å². The maximum absolute atomic E-state index is 12.2. The number of nitrogens with one attached hydrogen (secondary N) is 1. The largest absolute Gasteiger partial charge is 0.457 e. The van der Waals surface area contributed by atoms with Crippen LogP contribution in [0, 0.1) is 19.8 Å². The van der Waals surface area contributed by atoms with Crippen molar-refractivity contribution in [2.75, 3.05) is 19.7 Å². The lowest BCUT2D eigenvalue weighted by molar-refractivity contribution is -0.150. The number of rotatable bonds is 5. The van der Waals surface area contributed by atoms with Gasteiger partial charge in [-0.2, -0.15) is 0 Å². The Morgan fingerprint density at radius 3 is 2.70 bits per heavy atom. The normalized spacial score (nSPS) is 17.9. The van der Waals surface area contributed by atoms with Crippen molar-refractivity contribution in [2.24, 2.45) is 5.92 Å². The number of carbonyl (C=O) groups excluding carboxylic acids is 3. The van der Waals surface area contributed by atoms with E-state index in [0.717, 1.165) is 17.8 Å². The van der Waals surface area contributed by atoms with Crippen LogP contribution < -0.4 is 0 Å². The number of aromatic amines is 1. The number of hydrogen-bond acceptors (Lipinski definition) is 4. The Morgan fingerprint density at radius 2 is 2.09 bits per heavy atom. The molecule has 2 rings (SSSR count). The zero-order valence-electron chi connectivity index (χ0n) is 14.0. The summed E-state index contributed by atoms with van der Waals surface area (Å²) in [4.78, 5) is 40.8. The minimum absolute atomic E-state index is 0.0528. The molecule has 2 heterocycles. The Kier molecular flexibility index (Phi) is 5.58. The van der Waals surface area contributed by atoms with E-state index in [-0.39, 0.29) is 24.2 Å². The van der Waals surface area contributed by atoms with Gasteiger partial charge >= 0.3 is 5.97 Å². The summed E-state index contributed by atoms with van der Waals surface area (Å²) < 4.78 is 5.18. The zero-order chi connectivity index (χ0) is 17.0. The molecule has 6 nitrogen and oxygen atoms in total. The van der Waals surface area contributed by atoms with Crippen molar-refractivity contribution in [3.63, 3.8) is 0 Å². The predicted octanol–water partition coefficient (Wildman–Crippen LogP) is 2.01. The van der Waals surface area contributed by atoms with E-state index < -0.39 is 5.97 Å². The summed E-state index contributed by atoms with van der Waals surface area (Å²) in [7, 11) is 0. The molecular formula is C17H24N2O4. The van der Waals surface area contributed by atoms with Gasteiger partial charge in [0, 0.05) is 36.5 Å². The van der Waals surface area contributed by atoms with Gasteiger partial charge in [0.15, 0.2) is 6.61 Å². The van der Waals surface area contributed by atoms with Gasteiger partial charge in [0.05, 0.1) is 5.92 Å². The van der Waals surface area contributed by atoms with Crippen molar-refractivity contribution >= 4 is 17.7 Å². The molecular weight excluding hydrogens is 296 g/mol. The van der Waals surface area contributed by atoms with E-state index in [0.29, 0.717) is 31.5 Å². The Labute approximate surface area is 136 Å². The molecule has 1 aliphatic heterocycles. The molecule has 1 amide bonds. The number of nitrogens with zero attached hydrogens (tertiary/aromatic N) is 1. The predicted molar refractivity (Wildman–Crippen MR) is 85.2 cm³/mol. The number of aryl methyl sites for hydroxylation is 2. The van der Waals surface area contributed by atoms with Crippen LogP contribution in [0.15, 0.2) is 6.07 Å².